The summed E-state index contributed by atoms with van der Waals surface area (Å²) in [6.45, 7) is 2.56. The van der Waals surface area contributed by atoms with Gasteiger partial charge in [0, 0.05) is 6.07 Å². The van der Waals surface area contributed by atoms with Gasteiger partial charge in [-0.3, -0.25) is 9.10 Å². The van der Waals surface area contributed by atoms with Gasteiger partial charge in [-0.15, -0.1) is 0 Å². The van der Waals surface area contributed by atoms with Crippen LogP contribution in [0.25, 0.3) is 0 Å². The Balaban J connectivity index is 1.51. The first-order valence-electron chi connectivity index (χ1n) is 11.1. The Kier molecular flexibility index (Phi) is 6.60. The number of carbonyl (C=O) groups is 1. The van der Waals surface area contributed by atoms with Crippen LogP contribution in [0.1, 0.15) is 48.9 Å². The number of carbonyl (C=O) groups excluding carboxylic acids is 1. The van der Waals surface area contributed by atoms with Gasteiger partial charge in [0.1, 0.15) is 19.8 Å². The molecule has 1 unspecified atom stereocenters. The molecular weight excluding hydrogens is 428 g/mol. The third kappa shape index (κ3) is 5.01. The molecule has 8 heteroatoms. The third-order valence-corrected chi connectivity index (χ3v) is 7.16. The smallest absolute Gasteiger partial charge is 0.241 e. The summed E-state index contributed by atoms with van der Waals surface area (Å²) in [5.41, 5.74) is 4.18. The normalized spacial score (nSPS) is 16.1. The molecule has 4 rings (SSSR count). The van der Waals surface area contributed by atoms with E-state index < -0.39 is 10.0 Å². The summed E-state index contributed by atoms with van der Waals surface area (Å²) in [4.78, 5) is 12.9. The topological polar surface area (TPSA) is 84.9 Å². The lowest BCUT2D eigenvalue weighted by atomic mass is 9.89. The van der Waals surface area contributed by atoms with Crippen molar-refractivity contribution in [2.75, 3.05) is 30.3 Å². The van der Waals surface area contributed by atoms with Gasteiger partial charge in [0.2, 0.25) is 15.9 Å². The Bertz CT molecular complexity index is 1100. The number of aryl methyl sites for hydroxylation is 2. The molecule has 1 N–H and O–H groups in total. The van der Waals surface area contributed by atoms with Crippen molar-refractivity contribution in [3.63, 3.8) is 0 Å². The Morgan fingerprint density at radius 2 is 1.75 bits per heavy atom. The molecule has 1 atom stereocenters. The van der Waals surface area contributed by atoms with Crippen LogP contribution < -0.4 is 19.1 Å². The maximum atomic E-state index is 12.9. The number of nitrogens with zero attached hydrogens (tertiary/aromatic N) is 1. The molecule has 32 heavy (non-hydrogen) atoms. The summed E-state index contributed by atoms with van der Waals surface area (Å²) in [5, 5.41) is 3.02. The van der Waals surface area contributed by atoms with E-state index >= 15 is 0 Å². The molecule has 0 fully saturated rings. The van der Waals surface area contributed by atoms with E-state index in [9.17, 15) is 13.2 Å². The van der Waals surface area contributed by atoms with Crippen molar-refractivity contribution in [2.24, 2.45) is 0 Å². The zero-order valence-corrected chi connectivity index (χ0v) is 19.4. The average molecular weight is 459 g/mol. The molecule has 2 aliphatic rings. The minimum absolute atomic E-state index is 0.170. The molecule has 2 aromatic carbocycles. The van der Waals surface area contributed by atoms with Gasteiger partial charge in [0.15, 0.2) is 11.5 Å². The van der Waals surface area contributed by atoms with E-state index in [1.807, 2.05) is 6.92 Å². The summed E-state index contributed by atoms with van der Waals surface area (Å²) in [5.74, 6) is 0.689. The summed E-state index contributed by atoms with van der Waals surface area (Å²) in [7, 11) is -3.68. The molecule has 0 saturated heterocycles. The van der Waals surface area contributed by atoms with Gasteiger partial charge in [0.05, 0.1) is 18.0 Å². The van der Waals surface area contributed by atoms with Gasteiger partial charge >= 0.3 is 0 Å². The van der Waals surface area contributed by atoms with Crippen LogP contribution in [-0.2, 0) is 27.7 Å². The van der Waals surface area contributed by atoms with Crippen molar-refractivity contribution in [3.05, 3.63) is 53.1 Å². The molecule has 0 saturated carbocycles. The monoisotopic (exact) mass is 458 g/mol. The highest BCUT2D eigenvalue weighted by atomic mass is 32.2. The van der Waals surface area contributed by atoms with Crippen LogP contribution >= 0.6 is 0 Å². The number of nitrogens with one attached hydrogen (secondary N) is 1. The number of anilines is 1. The second-order valence-corrected chi connectivity index (χ2v) is 10.3. The highest BCUT2D eigenvalue weighted by Gasteiger charge is 2.25. The number of benzene rings is 2. The van der Waals surface area contributed by atoms with E-state index in [0.717, 1.165) is 29.0 Å². The minimum atomic E-state index is -3.68. The highest BCUT2D eigenvalue weighted by molar-refractivity contribution is 7.92. The largest absolute Gasteiger partial charge is 0.486 e. The van der Waals surface area contributed by atoms with Crippen molar-refractivity contribution >= 4 is 21.6 Å². The van der Waals surface area contributed by atoms with Crippen LogP contribution in [0.3, 0.4) is 0 Å². The fourth-order valence-electron chi connectivity index (χ4n) is 4.35. The Morgan fingerprint density at radius 1 is 1.03 bits per heavy atom. The van der Waals surface area contributed by atoms with Crippen molar-refractivity contribution in [1.82, 2.24) is 5.32 Å². The van der Waals surface area contributed by atoms with Crippen LogP contribution in [0.5, 0.6) is 11.5 Å². The van der Waals surface area contributed by atoms with Crippen LogP contribution in [0.4, 0.5) is 5.69 Å². The van der Waals surface area contributed by atoms with Crippen LogP contribution in [-0.4, -0.2) is 40.3 Å². The van der Waals surface area contributed by atoms with Crippen molar-refractivity contribution < 1.29 is 22.7 Å². The number of sulfonamides is 1. The maximum absolute atomic E-state index is 12.9. The molecule has 7 nitrogen and oxygen atoms in total. The van der Waals surface area contributed by atoms with Crippen molar-refractivity contribution in [3.8, 4) is 11.5 Å². The number of fused-ring (bicyclic) bond motifs is 2. The first-order chi connectivity index (χ1) is 15.3. The Morgan fingerprint density at radius 3 is 2.47 bits per heavy atom. The van der Waals surface area contributed by atoms with E-state index in [-0.39, 0.29) is 18.5 Å². The molecule has 0 spiro atoms. The van der Waals surface area contributed by atoms with Crippen LogP contribution in [0, 0.1) is 0 Å². The highest BCUT2D eigenvalue weighted by Crippen LogP contribution is 2.34. The van der Waals surface area contributed by atoms with Gasteiger partial charge in [0.25, 0.3) is 0 Å². The van der Waals surface area contributed by atoms with E-state index in [1.54, 1.807) is 18.2 Å². The van der Waals surface area contributed by atoms with Gasteiger partial charge in [-0.2, -0.15) is 0 Å². The van der Waals surface area contributed by atoms with E-state index in [1.165, 1.54) is 24.0 Å². The summed E-state index contributed by atoms with van der Waals surface area (Å²) < 4.78 is 37.2. The lowest BCUT2D eigenvalue weighted by Gasteiger charge is -2.26. The molecular formula is C24H30N2O5S. The van der Waals surface area contributed by atoms with Crippen LogP contribution in [0.15, 0.2) is 36.4 Å². The molecule has 0 radical (unpaired) electrons. The predicted octanol–water partition coefficient (Wildman–Crippen LogP) is 3.37. The van der Waals surface area contributed by atoms with E-state index in [4.69, 9.17) is 9.47 Å². The number of hydrogen-bond acceptors (Lipinski definition) is 5. The Labute approximate surface area is 189 Å². The minimum Gasteiger partial charge on any atom is -0.486 e. The molecule has 1 heterocycles. The zero-order valence-electron chi connectivity index (χ0n) is 18.6. The number of amides is 1. The molecule has 1 aliphatic carbocycles. The molecule has 2 aromatic rings. The van der Waals surface area contributed by atoms with Gasteiger partial charge in [-0.25, -0.2) is 8.42 Å². The quantitative estimate of drug-likeness (QED) is 0.688. The lowest BCUT2D eigenvalue weighted by molar-refractivity contribution is -0.120. The molecule has 0 aromatic heterocycles. The van der Waals surface area contributed by atoms with E-state index in [2.05, 4.69) is 23.5 Å². The maximum Gasteiger partial charge on any atom is 0.241 e. The first kappa shape index (κ1) is 22.5. The average Bonchev–Trinajstić information content (AvgIpc) is 2.79. The van der Waals surface area contributed by atoms with Crippen molar-refractivity contribution in [2.45, 2.75) is 45.1 Å². The molecule has 172 valence electrons. The second kappa shape index (κ2) is 9.40. The van der Waals surface area contributed by atoms with Crippen molar-refractivity contribution in [1.29, 1.82) is 0 Å². The van der Waals surface area contributed by atoms with E-state index in [0.29, 0.717) is 36.8 Å². The molecule has 1 amide bonds. The SMILES string of the molecule is CCC(NC(=O)CN(c1ccc2c(c1)OCCO2)S(C)(=O)=O)c1ccc2c(c1)CCCC2. The number of hydrogen-bond donors (Lipinski definition) is 1. The standard InChI is InChI=1S/C24H30N2O5S/c1-3-21(19-9-8-17-6-4-5-7-18(17)14-19)25-24(27)16-26(32(2,28)29)20-10-11-22-23(15-20)31-13-12-30-22/h8-11,14-15,21H,3-7,12-13,16H2,1-2H3,(H,25,27). The van der Waals surface area contributed by atoms with Gasteiger partial charge < -0.3 is 14.8 Å². The summed E-state index contributed by atoms with van der Waals surface area (Å²) >= 11 is 0. The fraction of sp³-hybridized carbons (Fsp3) is 0.458. The zero-order chi connectivity index (χ0) is 22.7. The number of ether oxygens (including phenoxy) is 2. The van der Waals surface area contributed by atoms with Gasteiger partial charge in [-0.1, -0.05) is 25.1 Å². The van der Waals surface area contributed by atoms with Gasteiger partial charge in [-0.05, 0) is 60.9 Å². The lowest BCUT2D eigenvalue weighted by Crippen LogP contribution is -2.41. The summed E-state index contributed by atoms with van der Waals surface area (Å²) in [6.07, 6.45) is 6.41. The first-order valence-corrected chi connectivity index (χ1v) is 13.0. The summed E-state index contributed by atoms with van der Waals surface area (Å²) in [6, 6.07) is 11.2. The fourth-order valence-corrected chi connectivity index (χ4v) is 5.20. The third-order valence-electron chi connectivity index (χ3n) is 6.02. The molecule has 0 bridgehead atoms. The Hall–Kier alpha value is -2.74. The molecule has 1 aliphatic heterocycles. The van der Waals surface area contributed by atoms with Crippen LogP contribution in [0.2, 0.25) is 0 Å². The predicted molar refractivity (Wildman–Crippen MR) is 124 cm³/mol. The number of rotatable bonds is 7. The second-order valence-electron chi connectivity index (χ2n) is 8.36.